The zero-order valence-corrected chi connectivity index (χ0v) is 13.8. The second-order valence-corrected chi connectivity index (χ2v) is 6.65. The van der Waals surface area contributed by atoms with Crippen LogP contribution in [0.2, 0.25) is 0 Å². The molecule has 1 aliphatic carbocycles. The molecule has 1 saturated carbocycles. The van der Waals surface area contributed by atoms with Gasteiger partial charge in [-0.2, -0.15) is 0 Å². The molecule has 0 aliphatic heterocycles. The van der Waals surface area contributed by atoms with E-state index in [9.17, 15) is 0 Å². The molecule has 3 heteroatoms. The summed E-state index contributed by atoms with van der Waals surface area (Å²) in [6.45, 7) is 3.22. The summed E-state index contributed by atoms with van der Waals surface area (Å²) in [7, 11) is 4.35. The number of halogens is 1. The number of nitrogens with zero attached hydrogens (tertiary/aromatic N) is 1. The minimum absolute atomic E-state index is 0.736. The van der Waals surface area contributed by atoms with E-state index in [1.54, 1.807) is 0 Å². The summed E-state index contributed by atoms with van der Waals surface area (Å²) in [6.07, 6.45) is 5.25. The maximum Gasteiger partial charge on any atom is 0.0233 e. The number of aryl methyl sites for hydroxylation is 1. The molecule has 1 aromatic rings. The Bertz CT molecular complexity index is 411. The molecule has 1 aliphatic rings. The average molecular weight is 325 g/mol. The highest BCUT2D eigenvalue weighted by Crippen LogP contribution is 2.24. The van der Waals surface area contributed by atoms with Crippen LogP contribution in [0.1, 0.15) is 36.8 Å². The second kappa shape index (κ2) is 6.87. The van der Waals surface area contributed by atoms with Crippen LogP contribution in [0.3, 0.4) is 0 Å². The Morgan fingerprint density at radius 1 is 1.26 bits per heavy atom. The summed E-state index contributed by atoms with van der Waals surface area (Å²) >= 11 is 3.57. The lowest BCUT2D eigenvalue weighted by molar-refractivity contribution is 0.170. The SMILES string of the molecule is CNC1CCC(N(C)Cc2ccc(Br)c(C)c2)CC1. The van der Waals surface area contributed by atoms with E-state index in [1.807, 2.05) is 0 Å². The zero-order valence-electron chi connectivity index (χ0n) is 12.2. The van der Waals surface area contributed by atoms with Gasteiger partial charge in [-0.15, -0.1) is 0 Å². The van der Waals surface area contributed by atoms with Gasteiger partial charge in [0.1, 0.15) is 0 Å². The number of hydrogen-bond acceptors (Lipinski definition) is 2. The van der Waals surface area contributed by atoms with Gasteiger partial charge in [-0.3, -0.25) is 4.90 Å². The molecule has 1 aromatic carbocycles. The number of benzene rings is 1. The van der Waals surface area contributed by atoms with E-state index in [4.69, 9.17) is 0 Å². The van der Waals surface area contributed by atoms with Crippen molar-refractivity contribution in [1.29, 1.82) is 0 Å². The van der Waals surface area contributed by atoms with E-state index < -0.39 is 0 Å². The van der Waals surface area contributed by atoms with E-state index in [1.165, 1.54) is 41.3 Å². The quantitative estimate of drug-likeness (QED) is 0.908. The van der Waals surface area contributed by atoms with Crippen molar-refractivity contribution in [2.24, 2.45) is 0 Å². The summed E-state index contributed by atoms with van der Waals surface area (Å²) in [5.74, 6) is 0. The Labute approximate surface area is 125 Å². The first-order valence-electron chi connectivity index (χ1n) is 7.22. The van der Waals surface area contributed by atoms with Crippen LogP contribution in [-0.2, 0) is 6.54 Å². The first-order valence-corrected chi connectivity index (χ1v) is 8.02. The fourth-order valence-electron chi connectivity index (χ4n) is 3.03. The lowest BCUT2D eigenvalue weighted by Crippen LogP contribution is -2.39. The van der Waals surface area contributed by atoms with Gasteiger partial charge in [0.15, 0.2) is 0 Å². The molecule has 0 atom stereocenters. The lowest BCUT2D eigenvalue weighted by Gasteiger charge is -2.34. The van der Waals surface area contributed by atoms with Crippen LogP contribution in [0.5, 0.6) is 0 Å². The molecule has 0 amide bonds. The summed E-state index contributed by atoms with van der Waals surface area (Å²) in [5.41, 5.74) is 2.74. The summed E-state index contributed by atoms with van der Waals surface area (Å²) in [5, 5.41) is 3.40. The molecule has 1 N–H and O–H groups in total. The van der Waals surface area contributed by atoms with E-state index >= 15 is 0 Å². The van der Waals surface area contributed by atoms with Gasteiger partial charge in [0.05, 0.1) is 0 Å². The first-order chi connectivity index (χ1) is 9.10. The van der Waals surface area contributed by atoms with E-state index in [0.29, 0.717) is 0 Å². The molecular weight excluding hydrogens is 300 g/mol. The Kier molecular flexibility index (Phi) is 5.43. The molecule has 0 saturated heterocycles. The van der Waals surface area contributed by atoms with Crippen molar-refractivity contribution < 1.29 is 0 Å². The third-order valence-electron chi connectivity index (χ3n) is 4.38. The fraction of sp³-hybridized carbons (Fsp3) is 0.625. The maximum absolute atomic E-state index is 3.57. The van der Waals surface area contributed by atoms with Crippen LogP contribution >= 0.6 is 15.9 Å². The highest BCUT2D eigenvalue weighted by Gasteiger charge is 2.22. The van der Waals surface area contributed by atoms with Crippen LogP contribution in [0.25, 0.3) is 0 Å². The van der Waals surface area contributed by atoms with E-state index in [-0.39, 0.29) is 0 Å². The highest BCUT2D eigenvalue weighted by atomic mass is 79.9. The minimum Gasteiger partial charge on any atom is -0.317 e. The third-order valence-corrected chi connectivity index (χ3v) is 5.27. The van der Waals surface area contributed by atoms with Crippen LogP contribution in [-0.4, -0.2) is 31.1 Å². The largest absolute Gasteiger partial charge is 0.317 e. The third kappa shape index (κ3) is 4.04. The van der Waals surface area contributed by atoms with Gasteiger partial charge in [0, 0.05) is 23.1 Å². The summed E-state index contributed by atoms with van der Waals surface area (Å²) in [6, 6.07) is 8.16. The molecule has 1 fully saturated rings. The molecule has 0 radical (unpaired) electrons. The Hall–Kier alpha value is -0.380. The molecule has 0 spiro atoms. The molecule has 0 aromatic heterocycles. The van der Waals surface area contributed by atoms with Crippen LogP contribution in [0, 0.1) is 6.92 Å². The highest BCUT2D eigenvalue weighted by molar-refractivity contribution is 9.10. The van der Waals surface area contributed by atoms with Gasteiger partial charge < -0.3 is 5.32 Å². The summed E-state index contributed by atoms with van der Waals surface area (Å²) in [4.78, 5) is 2.52. The smallest absolute Gasteiger partial charge is 0.0233 e. The molecule has 0 unspecified atom stereocenters. The van der Waals surface area contributed by atoms with E-state index in [2.05, 4.69) is 65.4 Å². The van der Waals surface area contributed by atoms with Crippen LogP contribution in [0.4, 0.5) is 0 Å². The predicted octanol–water partition coefficient (Wildman–Crippen LogP) is 3.72. The average Bonchev–Trinajstić information content (AvgIpc) is 2.43. The van der Waals surface area contributed by atoms with Gasteiger partial charge in [0.2, 0.25) is 0 Å². The van der Waals surface area contributed by atoms with Gasteiger partial charge in [-0.1, -0.05) is 28.1 Å². The number of rotatable bonds is 4. The Morgan fingerprint density at radius 2 is 1.95 bits per heavy atom. The molecule has 0 bridgehead atoms. The fourth-order valence-corrected chi connectivity index (χ4v) is 3.27. The Morgan fingerprint density at radius 3 is 2.53 bits per heavy atom. The van der Waals surface area contributed by atoms with Gasteiger partial charge in [0.25, 0.3) is 0 Å². The zero-order chi connectivity index (χ0) is 13.8. The van der Waals surface area contributed by atoms with Crippen molar-refractivity contribution in [2.45, 2.75) is 51.2 Å². The summed E-state index contributed by atoms with van der Waals surface area (Å²) < 4.78 is 1.20. The van der Waals surface area contributed by atoms with Gasteiger partial charge in [-0.05, 0) is 63.9 Å². The molecule has 0 heterocycles. The van der Waals surface area contributed by atoms with Crippen LogP contribution < -0.4 is 5.32 Å². The molecule has 2 rings (SSSR count). The number of hydrogen-bond donors (Lipinski definition) is 1. The van der Waals surface area contributed by atoms with Gasteiger partial charge in [-0.25, -0.2) is 0 Å². The lowest BCUT2D eigenvalue weighted by atomic mass is 9.90. The van der Waals surface area contributed by atoms with Crippen molar-refractivity contribution in [3.63, 3.8) is 0 Å². The monoisotopic (exact) mass is 324 g/mol. The second-order valence-electron chi connectivity index (χ2n) is 5.79. The van der Waals surface area contributed by atoms with Crippen LogP contribution in [0.15, 0.2) is 22.7 Å². The molecular formula is C16H25BrN2. The number of nitrogens with one attached hydrogen (secondary N) is 1. The van der Waals surface area contributed by atoms with Crippen molar-refractivity contribution in [3.8, 4) is 0 Å². The van der Waals surface area contributed by atoms with Crippen molar-refractivity contribution in [2.75, 3.05) is 14.1 Å². The standard InChI is InChI=1S/C16H25BrN2/c1-12-10-13(4-9-16(12)17)11-19(3)15-7-5-14(18-2)6-8-15/h4,9-10,14-15,18H,5-8,11H2,1-3H3. The van der Waals surface area contributed by atoms with Crippen molar-refractivity contribution in [1.82, 2.24) is 10.2 Å². The molecule has 19 heavy (non-hydrogen) atoms. The van der Waals surface area contributed by atoms with Crippen molar-refractivity contribution in [3.05, 3.63) is 33.8 Å². The molecule has 106 valence electrons. The first kappa shape index (κ1) is 15.0. The Balaban J connectivity index is 1.90. The van der Waals surface area contributed by atoms with Crippen molar-refractivity contribution >= 4 is 15.9 Å². The normalized spacial score (nSPS) is 23.8. The molecule has 2 nitrogen and oxygen atoms in total. The van der Waals surface area contributed by atoms with E-state index in [0.717, 1.165) is 18.6 Å². The topological polar surface area (TPSA) is 15.3 Å². The van der Waals surface area contributed by atoms with Gasteiger partial charge >= 0.3 is 0 Å². The predicted molar refractivity (Wildman–Crippen MR) is 85.4 cm³/mol. The maximum atomic E-state index is 3.57. The minimum atomic E-state index is 0.736.